The Morgan fingerprint density at radius 3 is 2.45 bits per heavy atom. The fourth-order valence-corrected chi connectivity index (χ4v) is 2.08. The van der Waals surface area contributed by atoms with Crippen molar-refractivity contribution >= 4 is 0 Å². The third-order valence-corrected chi connectivity index (χ3v) is 3.33. The predicted octanol–water partition coefficient (Wildman–Crippen LogP) is 3.42. The maximum Gasteiger partial charge on any atom is 0.130 e. The summed E-state index contributed by atoms with van der Waals surface area (Å²) in [5.74, 6) is 1.57. The van der Waals surface area contributed by atoms with Crippen LogP contribution in [0.25, 0.3) is 0 Å². The fourth-order valence-electron chi connectivity index (χ4n) is 2.08. The largest absolute Gasteiger partial charge is 0.457 e. The van der Waals surface area contributed by atoms with E-state index in [0.717, 1.165) is 29.0 Å². The molecule has 20 heavy (non-hydrogen) atoms. The number of aliphatic hydroxyl groups is 1. The minimum absolute atomic E-state index is 0.0747. The second-order valence-corrected chi connectivity index (χ2v) is 4.77. The van der Waals surface area contributed by atoms with Gasteiger partial charge in [-0.2, -0.15) is 0 Å². The van der Waals surface area contributed by atoms with Crippen molar-refractivity contribution in [3.63, 3.8) is 0 Å². The zero-order valence-electron chi connectivity index (χ0n) is 11.8. The Kier molecular flexibility index (Phi) is 5.16. The molecule has 2 aromatic carbocycles. The number of rotatable bonds is 6. The van der Waals surface area contributed by atoms with Crippen molar-refractivity contribution in [2.24, 2.45) is 5.73 Å². The van der Waals surface area contributed by atoms with Crippen molar-refractivity contribution in [1.29, 1.82) is 0 Å². The van der Waals surface area contributed by atoms with E-state index in [4.69, 9.17) is 15.6 Å². The Labute approximate surface area is 120 Å². The second kappa shape index (κ2) is 7.08. The van der Waals surface area contributed by atoms with E-state index in [9.17, 15) is 0 Å². The zero-order chi connectivity index (χ0) is 14.4. The van der Waals surface area contributed by atoms with Gasteiger partial charge in [-0.15, -0.1) is 0 Å². The number of hydrogen-bond acceptors (Lipinski definition) is 3. The molecule has 2 aromatic rings. The first-order chi connectivity index (χ1) is 9.74. The third kappa shape index (κ3) is 3.59. The van der Waals surface area contributed by atoms with E-state index in [1.54, 1.807) is 0 Å². The van der Waals surface area contributed by atoms with E-state index < -0.39 is 0 Å². The summed E-state index contributed by atoms with van der Waals surface area (Å²) in [6, 6.07) is 15.7. The van der Waals surface area contributed by atoms with Crippen LogP contribution in [-0.2, 0) is 6.42 Å². The molecule has 1 unspecified atom stereocenters. The Balaban J connectivity index is 2.14. The molecular formula is C17H21NO2. The maximum absolute atomic E-state index is 9.07. The molecule has 0 saturated heterocycles. The quantitative estimate of drug-likeness (QED) is 0.846. The minimum atomic E-state index is 0.0747. The van der Waals surface area contributed by atoms with Gasteiger partial charge in [-0.3, -0.25) is 0 Å². The summed E-state index contributed by atoms with van der Waals surface area (Å²) in [5, 5.41) is 9.07. The van der Waals surface area contributed by atoms with Gasteiger partial charge in [-0.25, -0.2) is 0 Å². The molecular weight excluding hydrogens is 250 g/mol. The number of hydrogen-bond donors (Lipinski definition) is 2. The number of ether oxygens (including phenoxy) is 1. The molecule has 0 aliphatic carbocycles. The first kappa shape index (κ1) is 14.6. The molecule has 0 heterocycles. The number of nitrogens with two attached hydrogens (primary N) is 1. The molecule has 106 valence electrons. The van der Waals surface area contributed by atoms with Gasteiger partial charge < -0.3 is 15.6 Å². The molecule has 0 aromatic heterocycles. The topological polar surface area (TPSA) is 55.5 Å². The van der Waals surface area contributed by atoms with Crippen molar-refractivity contribution in [3.8, 4) is 11.5 Å². The summed E-state index contributed by atoms with van der Waals surface area (Å²) in [4.78, 5) is 0. The van der Waals surface area contributed by atoms with E-state index in [2.05, 4.69) is 6.92 Å². The van der Waals surface area contributed by atoms with Crippen molar-refractivity contribution in [2.45, 2.75) is 25.8 Å². The fraction of sp³-hybridized carbons (Fsp3) is 0.294. The van der Waals surface area contributed by atoms with Crippen molar-refractivity contribution < 1.29 is 9.84 Å². The highest BCUT2D eigenvalue weighted by Crippen LogP contribution is 2.26. The lowest BCUT2D eigenvalue weighted by molar-refractivity contribution is 0.298. The second-order valence-electron chi connectivity index (χ2n) is 4.77. The lowest BCUT2D eigenvalue weighted by Crippen LogP contribution is -2.08. The summed E-state index contributed by atoms with van der Waals surface area (Å²) in [5.41, 5.74) is 8.11. The van der Waals surface area contributed by atoms with E-state index in [1.165, 1.54) is 0 Å². The van der Waals surface area contributed by atoms with Gasteiger partial charge in [0.15, 0.2) is 0 Å². The van der Waals surface area contributed by atoms with Gasteiger partial charge >= 0.3 is 0 Å². The molecule has 0 amide bonds. The standard InChI is InChI=1S/C17H21NO2/c1-2-16(18)13-7-9-15(10-8-13)20-17-6-4-3-5-14(17)11-12-19/h3-10,16,19H,2,11-12,18H2,1H3. The molecule has 0 aliphatic heterocycles. The first-order valence-electron chi connectivity index (χ1n) is 6.96. The van der Waals surface area contributed by atoms with Gasteiger partial charge in [-0.1, -0.05) is 37.3 Å². The van der Waals surface area contributed by atoms with Crippen molar-refractivity contribution in [2.75, 3.05) is 6.61 Å². The van der Waals surface area contributed by atoms with Crippen LogP contribution < -0.4 is 10.5 Å². The van der Waals surface area contributed by atoms with Gasteiger partial charge in [0.1, 0.15) is 11.5 Å². The Bertz CT molecular complexity index is 537. The summed E-state index contributed by atoms with van der Waals surface area (Å²) in [6.07, 6.45) is 1.51. The molecule has 3 nitrogen and oxygen atoms in total. The van der Waals surface area contributed by atoms with Crippen LogP contribution in [0.5, 0.6) is 11.5 Å². The number of aliphatic hydroxyl groups excluding tert-OH is 1. The molecule has 0 bridgehead atoms. The highest BCUT2D eigenvalue weighted by molar-refractivity contribution is 5.39. The van der Waals surface area contributed by atoms with Gasteiger partial charge in [-0.05, 0) is 42.2 Å². The van der Waals surface area contributed by atoms with Crippen LogP contribution in [0.3, 0.4) is 0 Å². The maximum atomic E-state index is 9.07. The third-order valence-electron chi connectivity index (χ3n) is 3.33. The monoisotopic (exact) mass is 271 g/mol. The van der Waals surface area contributed by atoms with E-state index in [1.807, 2.05) is 48.5 Å². The first-order valence-corrected chi connectivity index (χ1v) is 6.96. The Morgan fingerprint density at radius 1 is 1.10 bits per heavy atom. The van der Waals surface area contributed by atoms with Crippen molar-refractivity contribution in [3.05, 3.63) is 59.7 Å². The van der Waals surface area contributed by atoms with Crippen LogP contribution in [-0.4, -0.2) is 11.7 Å². The summed E-state index contributed by atoms with van der Waals surface area (Å²) < 4.78 is 5.88. The molecule has 0 saturated carbocycles. The van der Waals surface area contributed by atoms with E-state index >= 15 is 0 Å². The van der Waals surface area contributed by atoms with E-state index in [-0.39, 0.29) is 12.6 Å². The molecule has 1 atom stereocenters. The van der Waals surface area contributed by atoms with Crippen LogP contribution >= 0.6 is 0 Å². The highest BCUT2D eigenvalue weighted by atomic mass is 16.5. The van der Waals surface area contributed by atoms with Crippen LogP contribution in [0, 0.1) is 0 Å². The smallest absolute Gasteiger partial charge is 0.130 e. The minimum Gasteiger partial charge on any atom is -0.457 e. The molecule has 3 heteroatoms. The molecule has 2 rings (SSSR count). The molecule has 0 aliphatic rings. The molecule has 0 spiro atoms. The van der Waals surface area contributed by atoms with Gasteiger partial charge in [0.05, 0.1) is 0 Å². The summed E-state index contributed by atoms with van der Waals surface area (Å²) in [7, 11) is 0. The average Bonchev–Trinajstić information content (AvgIpc) is 2.49. The van der Waals surface area contributed by atoms with Gasteiger partial charge in [0.2, 0.25) is 0 Å². The number of benzene rings is 2. The van der Waals surface area contributed by atoms with Gasteiger partial charge in [0.25, 0.3) is 0 Å². The van der Waals surface area contributed by atoms with Crippen LogP contribution in [0.2, 0.25) is 0 Å². The molecule has 0 fully saturated rings. The highest BCUT2D eigenvalue weighted by Gasteiger charge is 2.06. The number of para-hydroxylation sites is 1. The Hall–Kier alpha value is -1.84. The van der Waals surface area contributed by atoms with Crippen molar-refractivity contribution in [1.82, 2.24) is 0 Å². The SMILES string of the molecule is CCC(N)c1ccc(Oc2ccccc2CCO)cc1. The van der Waals surface area contributed by atoms with Crippen LogP contribution in [0.4, 0.5) is 0 Å². The lowest BCUT2D eigenvalue weighted by atomic mass is 10.1. The normalized spacial score (nSPS) is 12.2. The lowest BCUT2D eigenvalue weighted by Gasteiger charge is -2.12. The molecule has 3 N–H and O–H groups in total. The summed E-state index contributed by atoms with van der Waals surface area (Å²) >= 11 is 0. The average molecular weight is 271 g/mol. The van der Waals surface area contributed by atoms with Crippen LogP contribution in [0.1, 0.15) is 30.5 Å². The van der Waals surface area contributed by atoms with Crippen LogP contribution in [0.15, 0.2) is 48.5 Å². The summed E-state index contributed by atoms with van der Waals surface area (Å²) in [6.45, 7) is 2.19. The molecule has 0 radical (unpaired) electrons. The van der Waals surface area contributed by atoms with E-state index in [0.29, 0.717) is 6.42 Å². The van der Waals surface area contributed by atoms with Gasteiger partial charge in [0, 0.05) is 12.6 Å². The Morgan fingerprint density at radius 2 is 1.80 bits per heavy atom. The predicted molar refractivity (Wildman–Crippen MR) is 81.0 cm³/mol. The zero-order valence-corrected chi connectivity index (χ0v) is 11.8.